The van der Waals surface area contributed by atoms with E-state index in [0.29, 0.717) is 0 Å². The first-order valence-corrected chi connectivity index (χ1v) is 14.9. The van der Waals surface area contributed by atoms with Crippen LogP contribution in [0.3, 0.4) is 0 Å². The molecule has 0 saturated carbocycles. The zero-order valence-electron chi connectivity index (χ0n) is 24.3. The summed E-state index contributed by atoms with van der Waals surface area (Å²) in [5, 5.41) is 0. The van der Waals surface area contributed by atoms with Gasteiger partial charge in [0.05, 0.1) is 5.41 Å². The third-order valence-corrected chi connectivity index (χ3v) is 9.78. The van der Waals surface area contributed by atoms with Crippen LogP contribution >= 0.6 is 0 Å². The average Bonchev–Trinajstić information content (AvgIpc) is 3.47. The van der Waals surface area contributed by atoms with Crippen molar-refractivity contribution in [3.8, 4) is 22.3 Å². The molecule has 1 nitrogen and oxygen atoms in total. The predicted octanol–water partition coefficient (Wildman–Crippen LogP) is 10.1. The zero-order chi connectivity index (χ0) is 28.5. The minimum Gasteiger partial charge on any atom is -0.344 e. The van der Waals surface area contributed by atoms with Gasteiger partial charge in [-0.25, -0.2) is 0 Å². The van der Waals surface area contributed by atoms with Gasteiger partial charge in [0.2, 0.25) is 0 Å². The SMILES string of the molecule is CN(c1ccc2c(c1)C(C)(C)c1ccccc1-2)c1ccccc1C1(c2ccccc2)c2ccccc2-c2ccccc21. The molecule has 0 unspecified atom stereocenters. The molecule has 0 spiro atoms. The Bertz CT molecular complexity index is 1940. The minimum atomic E-state index is -0.439. The first kappa shape index (κ1) is 24.9. The smallest absolute Gasteiger partial charge is 0.0733 e. The van der Waals surface area contributed by atoms with E-state index in [1.165, 1.54) is 67.0 Å². The average molecular weight is 540 g/mol. The van der Waals surface area contributed by atoms with Gasteiger partial charge in [-0.05, 0) is 73.8 Å². The number of benzene rings is 6. The molecular formula is C41H33N. The Balaban J connectivity index is 1.37. The third-order valence-electron chi connectivity index (χ3n) is 9.78. The topological polar surface area (TPSA) is 3.24 Å². The van der Waals surface area contributed by atoms with Crippen LogP contribution in [0, 0.1) is 0 Å². The van der Waals surface area contributed by atoms with Crippen LogP contribution < -0.4 is 4.90 Å². The highest BCUT2D eigenvalue weighted by atomic mass is 15.1. The fourth-order valence-electron chi connectivity index (χ4n) is 7.80. The van der Waals surface area contributed by atoms with Crippen molar-refractivity contribution in [2.45, 2.75) is 24.7 Å². The summed E-state index contributed by atoms with van der Waals surface area (Å²) in [5.41, 5.74) is 15.3. The van der Waals surface area contributed by atoms with E-state index in [2.05, 4.69) is 171 Å². The van der Waals surface area contributed by atoms with Crippen LogP contribution in [0.5, 0.6) is 0 Å². The maximum Gasteiger partial charge on any atom is 0.0733 e. The highest BCUT2D eigenvalue weighted by Crippen LogP contribution is 2.58. The lowest BCUT2D eigenvalue weighted by Crippen LogP contribution is -2.30. The first-order chi connectivity index (χ1) is 20.5. The van der Waals surface area contributed by atoms with Gasteiger partial charge in [0, 0.05) is 23.8 Å². The quantitative estimate of drug-likeness (QED) is 0.215. The van der Waals surface area contributed by atoms with Crippen molar-refractivity contribution in [1.29, 1.82) is 0 Å². The Morgan fingerprint density at radius 3 is 1.55 bits per heavy atom. The van der Waals surface area contributed by atoms with E-state index in [1.807, 2.05) is 0 Å². The van der Waals surface area contributed by atoms with E-state index in [-0.39, 0.29) is 5.41 Å². The fraction of sp³-hybridized carbons (Fsp3) is 0.122. The lowest BCUT2D eigenvalue weighted by Gasteiger charge is -2.37. The molecule has 6 aromatic carbocycles. The second-order valence-corrected chi connectivity index (χ2v) is 12.2. The highest BCUT2D eigenvalue weighted by molar-refractivity contribution is 5.89. The lowest BCUT2D eigenvalue weighted by molar-refractivity contribution is 0.660. The summed E-state index contributed by atoms with van der Waals surface area (Å²) < 4.78 is 0. The Morgan fingerprint density at radius 1 is 0.429 bits per heavy atom. The first-order valence-electron chi connectivity index (χ1n) is 14.9. The van der Waals surface area contributed by atoms with Crippen LogP contribution in [0.2, 0.25) is 0 Å². The molecule has 2 aliphatic rings. The molecule has 202 valence electrons. The van der Waals surface area contributed by atoms with Crippen LogP contribution in [0.25, 0.3) is 22.3 Å². The van der Waals surface area contributed by atoms with Crippen LogP contribution in [0.1, 0.15) is 47.2 Å². The molecule has 1 heteroatoms. The van der Waals surface area contributed by atoms with E-state index >= 15 is 0 Å². The van der Waals surface area contributed by atoms with E-state index in [4.69, 9.17) is 0 Å². The Hall–Kier alpha value is -4.88. The summed E-state index contributed by atoms with van der Waals surface area (Å²) in [4.78, 5) is 2.39. The van der Waals surface area contributed by atoms with Gasteiger partial charge in [-0.3, -0.25) is 0 Å². The maximum atomic E-state index is 2.41. The number of hydrogen-bond donors (Lipinski definition) is 0. The normalized spacial score (nSPS) is 14.9. The van der Waals surface area contributed by atoms with Crippen LogP contribution in [0.15, 0.2) is 146 Å². The summed E-state index contributed by atoms with van der Waals surface area (Å²) in [6.07, 6.45) is 0. The second-order valence-electron chi connectivity index (χ2n) is 12.2. The van der Waals surface area contributed by atoms with Gasteiger partial charge >= 0.3 is 0 Å². The predicted molar refractivity (Wildman–Crippen MR) is 176 cm³/mol. The van der Waals surface area contributed by atoms with Gasteiger partial charge in [-0.2, -0.15) is 0 Å². The Kier molecular flexibility index (Phi) is 5.37. The van der Waals surface area contributed by atoms with Gasteiger partial charge in [0.25, 0.3) is 0 Å². The van der Waals surface area contributed by atoms with Crippen molar-refractivity contribution in [3.05, 3.63) is 179 Å². The van der Waals surface area contributed by atoms with Crippen LogP contribution in [-0.2, 0) is 10.8 Å². The molecule has 0 heterocycles. The van der Waals surface area contributed by atoms with Crippen molar-refractivity contribution in [1.82, 2.24) is 0 Å². The monoisotopic (exact) mass is 539 g/mol. The fourth-order valence-corrected chi connectivity index (χ4v) is 7.80. The largest absolute Gasteiger partial charge is 0.344 e. The van der Waals surface area contributed by atoms with Crippen molar-refractivity contribution in [3.63, 3.8) is 0 Å². The molecule has 6 aromatic rings. The van der Waals surface area contributed by atoms with Crippen molar-refractivity contribution in [2.24, 2.45) is 0 Å². The van der Waals surface area contributed by atoms with E-state index in [0.717, 1.165) is 0 Å². The summed E-state index contributed by atoms with van der Waals surface area (Å²) in [5.74, 6) is 0. The minimum absolute atomic E-state index is 0.0448. The van der Waals surface area contributed by atoms with Gasteiger partial charge < -0.3 is 4.90 Å². The molecule has 2 aliphatic carbocycles. The molecule has 0 saturated heterocycles. The molecule has 0 bridgehead atoms. The summed E-state index contributed by atoms with van der Waals surface area (Å²) >= 11 is 0. The molecule has 0 N–H and O–H groups in total. The Morgan fingerprint density at radius 2 is 0.905 bits per heavy atom. The van der Waals surface area contributed by atoms with Gasteiger partial charge in [-0.15, -0.1) is 0 Å². The second kappa shape index (κ2) is 9.06. The number of rotatable bonds is 4. The summed E-state index contributed by atoms with van der Waals surface area (Å²) in [7, 11) is 2.22. The van der Waals surface area contributed by atoms with Gasteiger partial charge in [-0.1, -0.05) is 141 Å². The molecule has 0 atom stereocenters. The van der Waals surface area contributed by atoms with Crippen LogP contribution in [-0.4, -0.2) is 7.05 Å². The molecule has 8 rings (SSSR count). The van der Waals surface area contributed by atoms with E-state index in [9.17, 15) is 0 Å². The number of nitrogens with zero attached hydrogens (tertiary/aromatic N) is 1. The zero-order valence-corrected chi connectivity index (χ0v) is 24.3. The maximum absolute atomic E-state index is 2.41. The molecule has 0 amide bonds. The van der Waals surface area contributed by atoms with E-state index in [1.54, 1.807) is 0 Å². The molecule has 0 aromatic heterocycles. The number of anilines is 2. The molecule has 42 heavy (non-hydrogen) atoms. The van der Waals surface area contributed by atoms with Gasteiger partial charge in [0.15, 0.2) is 0 Å². The van der Waals surface area contributed by atoms with Crippen LogP contribution in [0.4, 0.5) is 11.4 Å². The summed E-state index contributed by atoms with van der Waals surface area (Å²) in [6.45, 7) is 4.71. The van der Waals surface area contributed by atoms with Crippen molar-refractivity contribution in [2.75, 3.05) is 11.9 Å². The number of hydrogen-bond acceptors (Lipinski definition) is 1. The molecular weight excluding hydrogens is 506 g/mol. The van der Waals surface area contributed by atoms with Crippen molar-refractivity contribution >= 4 is 11.4 Å². The van der Waals surface area contributed by atoms with E-state index < -0.39 is 5.41 Å². The molecule has 0 fully saturated rings. The summed E-state index contributed by atoms with van der Waals surface area (Å²) in [6, 6.07) is 53.9. The molecule has 0 radical (unpaired) electrons. The van der Waals surface area contributed by atoms with Crippen molar-refractivity contribution < 1.29 is 0 Å². The van der Waals surface area contributed by atoms with Gasteiger partial charge in [0.1, 0.15) is 0 Å². The third kappa shape index (κ3) is 3.25. The molecule has 0 aliphatic heterocycles. The number of fused-ring (bicyclic) bond motifs is 6. The number of para-hydroxylation sites is 1. The lowest BCUT2D eigenvalue weighted by atomic mass is 9.67. The highest BCUT2D eigenvalue weighted by Gasteiger charge is 2.47. The standard InChI is InChI=1S/C41H33N/c1-40(2)34-20-10-7-17-30(34)33-26-25-29(27-38(33)40)42(3)39-24-14-13-23-37(39)41(28-15-5-4-6-16-28)35-21-11-8-18-31(35)32-19-9-12-22-36(32)41/h4-27H,1-3H3. The Labute approximate surface area is 248 Å².